The maximum atomic E-state index is 12.3. The number of nitrogens with one attached hydrogen (secondary N) is 1. The summed E-state index contributed by atoms with van der Waals surface area (Å²) in [6.45, 7) is 0. The van der Waals surface area contributed by atoms with Gasteiger partial charge in [-0.1, -0.05) is 23.4 Å². The van der Waals surface area contributed by atoms with Crippen molar-refractivity contribution in [2.75, 3.05) is 5.32 Å². The summed E-state index contributed by atoms with van der Waals surface area (Å²) < 4.78 is 11.1. The average molecular weight is 425 g/mol. The number of carbonyl (C=O) groups is 1. The van der Waals surface area contributed by atoms with E-state index in [1.165, 1.54) is 0 Å². The van der Waals surface area contributed by atoms with E-state index >= 15 is 0 Å². The van der Waals surface area contributed by atoms with E-state index in [1.54, 1.807) is 24.5 Å². The Morgan fingerprint density at radius 1 is 1.11 bits per heavy atom. The monoisotopic (exact) mass is 424 g/mol. The summed E-state index contributed by atoms with van der Waals surface area (Å²) in [5.74, 6) is 0.791. The number of benzene rings is 1. The molecule has 1 amide bonds. The highest BCUT2D eigenvalue weighted by atomic mass is 79.9. The van der Waals surface area contributed by atoms with Gasteiger partial charge in [-0.05, 0) is 51.8 Å². The number of hydrogen-bond acceptors (Lipinski definition) is 6. The fraction of sp³-hybridized carbons (Fsp3) is 0.0526. The number of nitrogens with zero attached hydrogens (tertiary/aromatic N) is 3. The first-order valence-corrected chi connectivity index (χ1v) is 8.86. The average Bonchev–Trinajstić information content (AvgIpc) is 3.33. The summed E-state index contributed by atoms with van der Waals surface area (Å²) in [6, 6.07) is 14.4. The van der Waals surface area contributed by atoms with Crippen molar-refractivity contribution in [2.45, 2.75) is 6.42 Å². The van der Waals surface area contributed by atoms with E-state index in [1.807, 2.05) is 36.4 Å². The summed E-state index contributed by atoms with van der Waals surface area (Å²) in [5, 5.41) is 6.84. The minimum atomic E-state index is -0.338. The third-order valence-electron chi connectivity index (χ3n) is 3.79. The van der Waals surface area contributed by atoms with Crippen LogP contribution in [0.1, 0.15) is 22.0 Å². The third kappa shape index (κ3) is 3.95. The van der Waals surface area contributed by atoms with Gasteiger partial charge in [-0.3, -0.25) is 9.78 Å². The van der Waals surface area contributed by atoms with Crippen molar-refractivity contribution in [1.29, 1.82) is 0 Å². The Morgan fingerprint density at radius 2 is 2.00 bits per heavy atom. The van der Waals surface area contributed by atoms with Gasteiger partial charge in [-0.25, -0.2) is 0 Å². The second kappa shape index (κ2) is 7.55. The van der Waals surface area contributed by atoms with Gasteiger partial charge in [0.1, 0.15) is 0 Å². The molecule has 3 aromatic heterocycles. The maximum absolute atomic E-state index is 12.3. The van der Waals surface area contributed by atoms with Crippen LogP contribution in [0.5, 0.6) is 0 Å². The molecule has 7 nitrogen and oxygen atoms in total. The summed E-state index contributed by atoms with van der Waals surface area (Å²) in [5.41, 5.74) is 2.27. The lowest BCUT2D eigenvalue weighted by atomic mass is 10.1. The number of anilines is 1. The van der Waals surface area contributed by atoms with Crippen LogP contribution in [0.2, 0.25) is 0 Å². The molecule has 0 atom stereocenters. The Bertz CT molecular complexity index is 1080. The number of rotatable bonds is 5. The first-order chi connectivity index (χ1) is 13.2. The number of pyridine rings is 1. The highest BCUT2D eigenvalue weighted by Gasteiger charge is 2.15. The largest absolute Gasteiger partial charge is 0.444 e. The molecule has 0 saturated carbocycles. The van der Waals surface area contributed by atoms with Crippen molar-refractivity contribution < 1.29 is 13.7 Å². The maximum Gasteiger partial charge on any atom is 0.291 e. The Balaban J connectivity index is 1.53. The summed E-state index contributed by atoms with van der Waals surface area (Å²) >= 11 is 3.19. The van der Waals surface area contributed by atoms with Crippen LogP contribution < -0.4 is 5.32 Å². The summed E-state index contributed by atoms with van der Waals surface area (Å²) in [4.78, 5) is 20.8. The Hall–Kier alpha value is -3.26. The fourth-order valence-corrected chi connectivity index (χ4v) is 2.83. The lowest BCUT2D eigenvalue weighted by Gasteiger charge is -2.08. The number of amides is 1. The first kappa shape index (κ1) is 17.2. The number of carbonyl (C=O) groups excluding carboxylic acids is 1. The van der Waals surface area contributed by atoms with E-state index in [0.717, 1.165) is 11.1 Å². The predicted molar refractivity (Wildman–Crippen MR) is 101 cm³/mol. The van der Waals surface area contributed by atoms with Crippen molar-refractivity contribution in [2.24, 2.45) is 0 Å². The molecule has 0 aliphatic rings. The van der Waals surface area contributed by atoms with Crippen molar-refractivity contribution in [1.82, 2.24) is 15.1 Å². The minimum absolute atomic E-state index is 0.216. The van der Waals surface area contributed by atoms with E-state index in [0.29, 0.717) is 28.5 Å². The lowest BCUT2D eigenvalue weighted by molar-refractivity contribution is 0.0995. The van der Waals surface area contributed by atoms with E-state index in [4.69, 9.17) is 8.94 Å². The third-order valence-corrected chi connectivity index (χ3v) is 4.22. The molecule has 3 heterocycles. The number of aromatic nitrogens is 3. The van der Waals surface area contributed by atoms with Gasteiger partial charge in [0.25, 0.3) is 5.91 Å². The fourth-order valence-electron chi connectivity index (χ4n) is 2.52. The molecule has 1 aromatic carbocycles. The molecule has 0 aliphatic heterocycles. The molecule has 4 aromatic rings. The van der Waals surface area contributed by atoms with Crippen molar-refractivity contribution in [3.8, 4) is 11.4 Å². The quantitative estimate of drug-likeness (QED) is 0.512. The second-order valence-corrected chi connectivity index (χ2v) is 6.43. The molecule has 0 radical (unpaired) electrons. The molecule has 0 fully saturated rings. The van der Waals surface area contributed by atoms with E-state index in [2.05, 4.69) is 36.4 Å². The molecule has 134 valence electrons. The van der Waals surface area contributed by atoms with Gasteiger partial charge >= 0.3 is 0 Å². The van der Waals surface area contributed by atoms with Crippen molar-refractivity contribution in [3.63, 3.8) is 0 Å². The smallest absolute Gasteiger partial charge is 0.291 e. The highest BCUT2D eigenvalue weighted by molar-refractivity contribution is 9.10. The van der Waals surface area contributed by atoms with Gasteiger partial charge in [0.05, 0.1) is 6.42 Å². The van der Waals surface area contributed by atoms with E-state index in [9.17, 15) is 4.79 Å². The summed E-state index contributed by atoms with van der Waals surface area (Å²) in [6.07, 6.45) is 3.73. The zero-order chi connectivity index (χ0) is 18.6. The topological polar surface area (TPSA) is 94.1 Å². The number of para-hydroxylation sites is 1. The Kier molecular flexibility index (Phi) is 4.80. The highest BCUT2D eigenvalue weighted by Crippen LogP contribution is 2.22. The van der Waals surface area contributed by atoms with Crippen molar-refractivity contribution >= 4 is 27.5 Å². The molecule has 0 aliphatic carbocycles. The molecule has 1 N–H and O–H groups in total. The molecular weight excluding hydrogens is 412 g/mol. The second-order valence-electron chi connectivity index (χ2n) is 5.65. The molecule has 4 rings (SSSR count). The molecule has 0 unspecified atom stereocenters. The van der Waals surface area contributed by atoms with Gasteiger partial charge < -0.3 is 14.3 Å². The zero-order valence-corrected chi connectivity index (χ0v) is 15.5. The standard InChI is InChI=1S/C19H13BrN4O3/c20-16-8-7-15(26-16)19(25)22-14-6-2-1-4-12(14)10-17-23-18(24-27-17)13-5-3-9-21-11-13/h1-9,11H,10H2,(H,22,25). The van der Waals surface area contributed by atoms with Crippen LogP contribution in [-0.2, 0) is 6.42 Å². The van der Waals surface area contributed by atoms with E-state index in [-0.39, 0.29) is 11.7 Å². The first-order valence-electron chi connectivity index (χ1n) is 8.06. The number of furan rings is 1. The van der Waals surface area contributed by atoms with Gasteiger partial charge in [-0.15, -0.1) is 0 Å². The molecule has 0 bridgehead atoms. The minimum Gasteiger partial charge on any atom is -0.444 e. The Labute approximate surface area is 162 Å². The summed E-state index contributed by atoms with van der Waals surface area (Å²) in [7, 11) is 0. The van der Waals surface area contributed by atoms with Gasteiger partial charge in [0.15, 0.2) is 10.4 Å². The molecule has 0 spiro atoms. The van der Waals surface area contributed by atoms with E-state index < -0.39 is 0 Å². The van der Waals surface area contributed by atoms with Crippen LogP contribution >= 0.6 is 15.9 Å². The zero-order valence-electron chi connectivity index (χ0n) is 13.9. The predicted octanol–water partition coefficient (Wildman–Crippen LogP) is 4.33. The van der Waals surface area contributed by atoms with Crippen LogP contribution in [0.3, 0.4) is 0 Å². The normalized spacial score (nSPS) is 10.7. The molecular formula is C19H13BrN4O3. The van der Waals surface area contributed by atoms with Crippen LogP contribution in [0, 0.1) is 0 Å². The van der Waals surface area contributed by atoms with Crippen LogP contribution in [0.15, 0.2) is 74.5 Å². The Morgan fingerprint density at radius 3 is 2.78 bits per heavy atom. The number of hydrogen-bond donors (Lipinski definition) is 1. The lowest BCUT2D eigenvalue weighted by Crippen LogP contribution is -2.12. The molecule has 27 heavy (non-hydrogen) atoms. The SMILES string of the molecule is O=C(Nc1ccccc1Cc1nc(-c2cccnc2)no1)c1ccc(Br)o1. The van der Waals surface area contributed by atoms with Crippen LogP contribution in [0.25, 0.3) is 11.4 Å². The molecule has 8 heteroatoms. The molecule has 0 saturated heterocycles. The van der Waals surface area contributed by atoms with Gasteiger partial charge in [0.2, 0.25) is 11.7 Å². The number of halogens is 1. The van der Waals surface area contributed by atoms with Gasteiger partial charge in [-0.2, -0.15) is 4.98 Å². The van der Waals surface area contributed by atoms with Crippen LogP contribution in [-0.4, -0.2) is 21.0 Å². The van der Waals surface area contributed by atoms with Crippen molar-refractivity contribution in [3.05, 3.63) is 82.8 Å². The van der Waals surface area contributed by atoms with Crippen LogP contribution in [0.4, 0.5) is 5.69 Å². The van der Waals surface area contributed by atoms with Gasteiger partial charge in [0, 0.05) is 23.6 Å².